The van der Waals surface area contributed by atoms with Crippen LogP contribution in [-0.2, 0) is 11.9 Å². The summed E-state index contributed by atoms with van der Waals surface area (Å²) in [6, 6.07) is 3.44. The predicted molar refractivity (Wildman–Crippen MR) is 73.7 cm³/mol. The molecule has 0 spiro atoms. The van der Waals surface area contributed by atoms with Crippen molar-refractivity contribution in [3.8, 4) is 0 Å². The number of halogens is 4. The van der Waals surface area contributed by atoms with Gasteiger partial charge in [-0.2, -0.15) is 13.2 Å². The molecule has 0 aliphatic rings. The third-order valence-corrected chi connectivity index (χ3v) is 3.83. The maximum Gasteiger partial charge on any atom is 0.417 e. The molecule has 0 bridgehead atoms. The van der Waals surface area contributed by atoms with Crippen LogP contribution in [0.25, 0.3) is 0 Å². The van der Waals surface area contributed by atoms with E-state index in [0.29, 0.717) is 16.3 Å². The second-order valence-corrected chi connectivity index (χ2v) is 5.46. The number of thioether (sulfide) groups is 1. The molecule has 0 unspecified atom stereocenters. The standard InChI is InChI=1S/C12H8ClF3N2O2S/c13-8-3-6(1-2-7(8)12(14,15)16)5-21-9-4-17-10(19)11(20)18-9/h1-4H,5H2,(H,17,19)(H,18,20). The molecule has 0 saturated carbocycles. The number of H-pyrrole nitrogens is 2. The third kappa shape index (κ3) is 3.92. The Bertz CT molecular complexity index is 770. The van der Waals surface area contributed by atoms with Crippen molar-refractivity contribution in [1.82, 2.24) is 9.97 Å². The highest BCUT2D eigenvalue weighted by atomic mass is 35.5. The van der Waals surface area contributed by atoms with Crippen LogP contribution < -0.4 is 11.1 Å². The number of rotatable bonds is 3. The second kappa shape index (κ2) is 5.98. The van der Waals surface area contributed by atoms with Crippen LogP contribution in [0.4, 0.5) is 13.2 Å². The lowest BCUT2D eigenvalue weighted by molar-refractivity contribution is -0.137. The summed E-state index contributed by atoms with van der Waals surface area (Å²) < 4.78 is 37.7. The van der Waals surface area contributed by atoms with E-state index in [-0.39, 0.29) is 5.02 Å². The Labute approximate surface area is 125 Å². The van der Waals surface area contributed by atoms with Gasteiger partial charge in [0.05, 0.1) is 15.6 Å². The van der Waals surface area contributed by atoms with Crippen molar-refractivity contribution in [3.63, 3.8) is 0 Å². The Hall–Kier alpha value is -1.67. The third-order valence-electron chi connectivity index (χ3n) is 2.51. The molecule has 0 fully saturated rings. The van der Waals surface area contributed by atoms with E-state index in [9.17, 15) is 22.8 Å². The van der Waals surface area contributed by atoms with E-state index in [1.54, 1.807) is 0 Å². The number of aromatic nitrogens is 2. The minimum absolute atomic E-state index is 0.292. The first-order valence-corrected chi connectivity index (χ1v) is 6.94. The van der Waals surface area contributed by atoms with Gasteiger partial charge in [-0.15, -0.1) is 11.8 Å². The molecule has 2 aromatic rings. The van der Waals surface area contributed by atoms with Crippen LogP contribution in [0.15, 0.2) is 39.0 Å². The number of hydrogen-bond donors (Lipinski definition) is 2. The number of alkyl halides is 3. The van der Waals surface area contributed by atoms with Gasteiger partial charge in [-0.1, -0.05) is 17.7 Å². The fraction of sp³-hybridized carbons (Fsp3) is 0.167. The Morgan fingerprint density at radius 2 is 1.90 bits per heavy atom. The summed E-state index contributed by atoms with van der Waals surface area (Å²) in [7, 11) is 0. The molecule has 2 N–H and O–H groups in total. The average Bonchev–Trinajstić information content (AvgIpc) is 2.39. The zero-order valence-electron chi connectivity index (χ0n) is 10.3. The summed E-state index contributed by atoms with van der Waals surface area (Å²) in [6.45, 7) is 0. The van der Waals surface area contributed by atoms with Crippen molar-refractivity contribution in [2.45, 2.75) is 17.0 Å². The molecule has 0 radical (unpaired) electrons. The van der Waals surface area contributed by atoms with Gasteiger partial charge >= 0.3 is 17.3 Å². The van der Waals surface area contributed by atoms with Gasteiger partial charge in [0.2, 0.25) is 0 Å². The Morgan fingerprint density at radius 3 is 2.48 bits per heavy atom. The van der Waals surface area contributed by atoms with Gasteiger partial charge in [-0.3, -0.25) is 9.59 Å². The molecule has 0 saturated heterocycles. The zero-order valence-corrected chi connectivity index (χ0v) is 11.8. The van der Waals surface area contributed by atoms with Crippen LogP contribution in [0.2, 0.25) is 5.02 Å². The van der Waals surface area contributed by atoms with Gasteiger partial charge in [-0.05, 0) is 17.7 Å². The highest BCUT2D eigenvalue weighted by Gasteiger charge is 2.32. The summed E-state index contributed by atoms with van der Waals surface area (Å²) in [5.41, 5.74) is -1.89. The van der Waals surface area contributed by atoms with Crippen molar-refractivity contribution in [1.29, 1.82) is 0 Å². The first-order valence-electron chi connectivity index (χ1n) is 5.58. The van der Waals surface area contributed by atoms with Gasteiger partial charge in [0.25, 0.3) is 0 Å². The van der Waals surface area contributed by atoms with Crippen LogP contribution >= 0.6 is 23.4 Å². The van der Waals surface area contributed by atoms with E-state index < -0.39 is 22.9 Å². The number of hydrogen-bond acceptors (Lipinski definition) is 3. The summed E-state index contributed by atoms with van der Waals surface area (Å²) in [4.78, 5) is 26.6. The van der Waals surface area contributed by atoms with E-state index in [0.717, 1.165) is 17.8 Å². The quantitative estimate of drug-likeness (QED) is 0.669. The smallest absolute Gasteiger partial charge is 0.322 e. The van der Waals surface area contributed by atoms with Crippen LogP contribution in [-0.4, -0.2) is 9.97 Å². The van der Waals surface area contributed by atoms with E-state index in [4.69, 9.17) is 11.6 Å². The Balaban J connectivity index is 2.14. The minimum Gasteiger partial charge on any atom is -0.322 e. The van der Waals surface area contributed by atoms with Crippen molar-refractivity contribution in [2.75, 3.05) is 0 Å². The zero-order chi connectivity index (χ0) is 15.6. The summed E-state index contributed by atoms with van der Waals surface area (Å²) in [5.74, 6) is 0.292. The lowest BCUT2D eigenvalue weighted by atomic mass is 10.1. The first kappa shape index (κ1) is 15.7. The molecule has 0 amide bonds. The predicted octanol–water partition coefficient (Wildman–Crippen LogP) is 3.03. The van der Waals surface area contributed by atoms with Crippen molar-refractivity contribution < 1.29 is 13.2 Å². The fourth-order valence-corrected chi connectivity index (χ4v) is 2.64. The summed E-state index contributed by atoms with van der Waals surface area (Å²) >= 11 is 6.76. The molecule has 21 heavy (non-hydrogen) atoms. The molecule has 0 aliphatic carbocycles. The topological polar surface area (TPSA) is 65.7 Å². The lowest BCUT2D eigenvalue weighted by Gasteiger charge is -2.10. The average molecular weight is 337 g/mol. The van der Waals surface area contributed by atoms with E-state index >= 15 is 0 Å². The minimum atomic E-state index is -4.49. The Morgan fingerprint density at radius 1 is 1.19 bits per heavy atom. The number of aromatic amines is 2. The Kier molecular flexibility index (Phi) is 4.48. The molecule has 1 aromatic heterocycles. The largest absolute Gasteiger partial charge is 0.417 e. The number of benzene rings is 1. The van der Waals surface area contributed by atoms with Gasteiger partial charge in [0.15, 0.2) is 0 Å². The maximum atomic E-state index is 12.6. The highest BCUT2D eigenvalue weighted by molar-refractivity contribution is 7.98. The van der Waals surface area contributed by atoms with Gasteiger partial charge in [0.1, 0.15) is 0 Å². The van der Waals surface area contributed by atoms with E-state index in [1.807, 2.05) is 0 Å². The molecule has 1 heterocycles. The highest BCUT2D eigenvalue weighted by Crippen LogP contribution is 2.35. The molecule has 0 aliphatic heterocycles. The van der Waals surface area contributed by atoms with Crippen LogP contribution in [0.5, 0.6) is 0 Å². The van der Waals surface area contributed by atoms with Gasteiger partial charge in [0, 0.05) is 11.9 Å². The normalized spacial score (nSPS) is 11.6. The first-order chi connectivity index (χ1) is 9.77. The number of nitrogens with one attached hydrogen (secondary N) is 2. The molecular weight excluding hydrogens is 329 g/mol. The van der Waals surface area contributed by atoms with Crippen molar-refractivity contribution >= 4 is 23.4 Å². The SMILES string of the molecule is O=c1[nH]cc(SCc2ccc(C(F)(F)F)c(Cl)c2)[nH]c1=O. The fourth-order valence-electron chi connectivity index (χ4n) is 1.52. The summed E-state index contributed by atoms with van der Waals surface area (Å²) in [6.07, 6.45) is -3.17. The molecule has 112 valence electrons. The monoisotopic (exact) mass is 336 g/mol. The van der Waals surface area contributed by atoms with Gasteiger partial charge in [-0.25, -0.2) is 0 Å². The van der Waals surface area contributed by atoms with E-state index in [1.165, 1.54) is 18.3 Å². The second-order valence-electron chi connectivity index (χ2n) is 4.04. The molecule has 1 aromatic carbocycles. The molecular formula is C12H8ClF3N2O2S. The maximum absolute atomic E-state index is 12.6. The molecule has 9 heteroatoms. The van der Waals surface area contributed by atoms with E-state index in [2.05, 4.69) is 9.97 Å². The molecule has 4 nitrogen and oxygen atoms in total. The summed E-state index contributed by atoms with van der Waals surface area (Å²) in [5, 5.41) is 0.0196. The van der Waals surface area contributed by atoms with Crippen LogP contribution in [0.3, 0.4) is 0 Å². The van der Waals surface area contributed by atoms with Crippen LogP contribution in [0, 0.1) is 0 Å². The van der Waals surface area contributed by atoms with Gasteiger partial charge < -0.3 is 9.97 Å². The lowest BCUT2D eigenvalue weighted by Crippen LogP contribution is -2.28. The van der Waals surface area contributed by atoms with Crippen LogP contribution in [0.1, 0.15) is 11.1 Å². The molecule has 0 atom stereocenters. The van der Waals surface area contributed by atoms with Crippen molar-refractivity contribution in [2.24, 2.45) is 0 Å². The molecule has 2 rings (SSSR count). The van der Waals surface area contributed by atoms with Crippen molar-refractivity contribution in [3.05, 3.63) is 61.3 Å².